The van der Waals surface area contributed by atoms with E-state index in [0.29, 0.717) is 17.7 Å². The third-order valence-electron chi connectivity index (χ3n) is 3.84. The molecule has 0 atom stereocenters. The molecule has 2 aromatic carbocycles. The molecule has 0 fully saturated rings. The summed E-state index contributed by atoms with van der Waals surface area (Å²) in [4.78, 5) is 12.9. The van der Waals surface area contributed by atoms with Crippen molar-refractivity contribution in [2.75, 3.05) is 0 Å². The lowest BCUT2D eigenvalue weighted by Gasteiger charge is -2.12. The molecule has 3 rings (SSSR count). The van der Waals surface area contributed by atoms with Crippen LogP contribution in [0.15, 0.2) is 77.1 Å². The van der Waals surface area contributed by atoms with Gasteiger partial charge in [0.2, 0.25) is 5.88 Å². The van der Waals surface area contributed by atoms with Gasteiger partial charge in [0.05, 0.1) is 16.9 Å². The van der Waals surface area contributed by atoms with Gasteiger partial charge in [-0.2, -0.15) is 0 Å². The summed E-state index contributed by atoms with van der Waals surface area (Å²) in [6.45, 7) is 3.95. The largest absolute Gasteiger partial charge is 0.493 e. The summed E-state index contributed by atoms with van der Waals surface area (Å²) in [6.07, 6.45) is 2.35. The minimum atomic E-state index is -0.208. The highest BCUT2D eigenvalue weighted by atomic mass is 16.3. The molecule has 0 spiro atoms. The highest BCUT2D eigenvalue weighted by Gasteiger charge is 2.20. The van der Waals surface area contributed by atoms with Crippen LogP contribution in [0, 0.1) is 0 Å². The second-order valence-electron chi connectivity index (χ2n) is 5.89. The number of allylic oxidation sites excluding steroid dienone is 2. The number of benzene rings is 2. The number of nitrogens with zero attached hydrogens (tertiary/aromatic N) is 2. The summed E-state index contributed by atoms with van der Waals surface area (Å²) in [5.41, 5.74) is 2.74. The van der Waals surface area contributed by atoms with Crippen LogP contribution >= 0.6 is 0 Å². The van der Waals surface area contributed by atoms with Gasteiger partial charge in [-0.1, -0.05) is 48.0 Å². The van der Waals surface area contributed by atoms with Crippen molar-refractivity contribution in [1.29, 1.82) is 0 Å². The fourth-order valence-corrected chi connectivity index (χ4v) is 2.63. The first-order valence-electron chi connectivity index (χ1n) is 7.89. The summed E-state index contributed by atoms with van der Waals surface area (Å²) in [5.74, 6) is -0.0208. The highest BCUT2D eigenvalue weighted by molar-refractivity contribution is 5.43. The van der Waals surface area contributed by atoms with E-state index in [-0.39, 0.29) is 11.4 Å². The number of aromatic nitrogens is 2. The van der Waals surface area contributed by atoms with Crippen molar-refractivity contribution in [2.24, 2.45) is 0 Å². The molecule has 0 amide bonds. The first-order valence-corrected chi connectivity index (χ1v) is 7.89. The molecule has 4 heteroatoms. The van der Waals surface area contributed by atoms with Gasteiger partial charge in [0.25, 0.3) is 5.56 Å². The minimum Gasteiger partial charge on any atom is -0.493 e. The first kappa shape index (κ1) is 15.9. The Kier molecular flexibility index (Phi) is 4.38. The topological polar surface area (TPSA) is 47.2 Å². The van der Waals surface area contributed by atoms with Crippen molar-refractivity contribution in [3.8, 4) is 17.3 Å². The van der Waals surface area contributed by atoms with E-state index in [1.54, 1.807) is 4.68 Å². The van der Waals surface area contributed by atoms with Crippen LogP contribution in [-0.2, 0) is 6.42 Å². The maximum atomic E-state index is 12.9. The van der Waals surface area contributed by atoms with Gasteiger partial charge in [0.1, 0.15) is 0 Å². The maximum Gasteiger partial charge on any atom is 0.279 e. The zero-order chi connectivity index (χ0) is 17.1. The normalized spacial score (nSPS) is 10.6. The Morgan fingerprint density at radius 1 is 0.917 bits per heavy atom. The first-order chi connectivity index (χ1) is 11.6. The van der Waals surface area contributed by atoms with Gasteiger partial charge in [-0.05, 0) is 38.1 Å². The van der Waals surface area contributed by atoms with Crippen molar-refractivity contribution >= 4 is 0 Å². The number of rotatable bonds is 4. The predicted molar refractivity (Wildman–Crippen MR) is 96.2 cm³/mol. The molecule has 0 aliphatic heterocycles. The smallest absolute Gasteiger partial charge is 0.279 e. The minimum absolute atomic E-state index is 0.0208. The van der Waals surface area contributed by atoms with Gasteiger partial charge in [0, 0.05) is 6.42 Å². The van der Waals surface area contributed by atoms with Gasteiger partial charge >= 0.3 is 0 Å². The van der Waals surface area contributed by atoms with Crippen molar-refractivity contribution in [3.05, 3.63) is 88.2 Å². The maximum absolute atomic E-state index is 12.9. The fourth-order valence-electron chi connectivity index (χ4n) is 2.63. The Hall–Kier alpha value is -3.01. The van der Waals surface area contributed by atoms with E-state index < -0.39 is 0 Å². The lowest BCUT2D eigenvalue weighted by atomic mass is 10.2. The quantitative estimate of drug-likeness (QED) is 0.742. The molecule has 4 nitrogen and oxygen atoms in total. The van der Waals surface area contributed by atoms with E-state index in [1.807, 2.05) is 80.6 Å². The average molecular weight is 320 g/mol. The molecule has 1 aromatic heterocycles. The molecule has 1 N–H and O–H groups in total. The SMILES string of the molecule is CC(C)=CCc1c(O)n(-c2ccccc2)n(-c2ccccc2)c1=O. The number of hydrogen-bond donors (Lipinski definition) is 1. The summed E-state index contributed by atoms with van der Waals surface area (Å²) >= 11 is 0. The third kappa shape index (κ3) is 2.91. The van der Waals surface area contributed by atoms with Crippen LogP contribution in [0.1, 0.15) is 19.4 Å². The van der Waals surface area contributed by atoms with Crippen molar-refractivity contribution < 1.29 is 5.11 Å². The highest BCUT2D eigenvalue weighted by Crippen LogP contribution is 2.23. The fraction of sp³-hybridized carbons (Fsp3) is 0.150. The van der Waals surface area contributed by atoms with Gasteiger partial charge in [0.15, 0.2) is 0 Å². The van der Waals surface area contributed by atoms with Gasteiger partial charge < -0.3 is 5.11 Å². The van der Waals surface area contributed by atoms with Gasteiger partial charge in [-0.3, -0.25) is 4.79 Å². The van der Waals surface area contributed by atoms with Crippen LogP contribution in [0.4, 0.5) is 0 Å². The van der Waals surface area contributed by atoms with Crippen molar-refractivity contribution in [2.45, 2.75) is 20.3 Å². The molecule has 0 unspecified atom stereocenters. The molecule has 1 heterocycles. The van der Waals surface area contributed by atoms with E-state index in [1.165, 1.54) is 4.68 Å². The molecule has 0 saturated heterocycles. The van der Waals surface area contributed by atoms with Gasteiger partial charge in [-0.25, -0.2) is 9.36 Å². The van der Waals surface area contributed by atoms with Crippen molar-refractivity contribution in [1.82, 2.24) is 9.36 Å². The monoisotopic (exact) mass is 320 g/mol. The molecule has 0 radical (unpaired) electrons. The summed E-state index contributed by atoms with van der Waals surface area (Å²) in [6, 6.07) is 18.7. The molecule has 0 aliphatic rings. The van der Waals surface area contributed by atoms with E-state index in [0.717, 1.165) is 11.3 Å². The Morgan fingerprint density at radius 2 is 1.42 bits per heavy atom. The molecular weight excluding hydrogens is 300 g/mol. The Labute approximate surface area is 140 Å². The van der Waals surface area contributed by atoms with E-state index in [9.17, 15) is 9.90 Å². The predicted octanol–water partition coefficient (Wildman–Crippen LogP) is 3.84. The average Bonchev–Trinajstić information content (AvgIpc) is 2.85. The molecule has 0 bridgehead atoms. The second-order valence-corrected chi connectivity index (χ2v) is 5.89. The van der Waals surface area contributed by atoms with Crippen LogP contribution in [-0.4, -0.2) is 14.5 Å². The summed E-state index contributed by atoms with van der Waals surface area (Å²) < 4.78 is 3.07. The zero-order valence-electron chi connectivity index (χ0n) is 13.8. The lowest BCUT2D eigenvalue weighted by Crippen LogP contribution is -2.21. The zero-order valence-corrected chi connectivity index (χ0v) is 13.8. The third-order valence-corrected chi connectivity index (χ3v) is 3.84. The van der Waals surface area contributed by atoms with Crippen LogP contribution in [0.5, 0.6) is 5.88 Å². The van der Waals surface area contributed by atoms with Crippen LogP contribution in [0.2, 0.25) is 0 Å². The van der Waals surface area contributed by atoms with Crippen molar-refractivity contribution in [3.63, 3.8) is 0 Å². The van der Waals surface area contributed by atoms with Crippen LogP contribution in [0.3, 0.4) is 0 Å². The second kappa shape index (κ2) is 6.62. The van der Waals surface area contributed by atoms with Gasteiger partial charge in [-0.15, -0.1) is 0 Å². The number of para-hydroxylation sites is 2. The molecule has 0 saturated carbocycles. The molecule has 3 aromatic rings. The molecule has 0 aliphatic carbocycles. The Balaban J connectivity index is 2.28. The summed E-state index contributed by atoms with van der Waals surface area (Å²) in [5, 5.41) is 10.7. The van der Waals surface area contributed by atoms with E-state index >= 15 is 0 Å². The number of hydrogen-bond acceptors (Lipinski definition) is 2. The molecular formula is C20H20N2O2. The lowest BCUT2D eigenvalue weighted by molar-refractivity contribution is 0.421. The number of aromatic hydroxyl groups is 1. The molecule has 24 heavy (non-hydrogen) atoms. The Morgan fingerprint density at radius 3 is 1.92 bits per heavy atom. The van der Waals surface area contributed by atoms with Crippen LogP contribution < -0.4 is 5.56 Å². The summed E-state index contributed by atoms with van der Waals surface area (Å²) in [7, 11) is 0. The van der Waals surface area contributed by atoms with Crippen LogP contribution in [0.25, 0.3) is 11.4 Å². The molecule has 122 valence electrons. The van der Waals surface area contributed by atoms with E-state index in [4.69, 9.17) is 0 Å². The standard InChI is InChI=1S/C20H20N2O2/c1-15(2)13-14-18-19(23)21(16-9-5-3-6-10-16)22(20(18)24)17-11-7-4-8-12-17/h3-13,23H,14H2,1-2H3. The Bertz CT molecular complexity index is 916. The van der Waals surface area contributed by atoms with E-state index in [2.05, 4.69) is 0 Å².